The average molecular weight is 492 g/mol. The van der Waals surface area contributed by atoms with E-state index in [-0.39, 0.29) is 28.7 Å². The summed E-state index contributed by atoms with van der Waals surface area (Å²) in [6, 6.07) is 4.55. The van der Waals surface area contributed by atoms with Crippen LogP contribution in [0.2, 0.25) is 0 Å². The summed E-state index contributed by atoms with van der Waals surface area (Å²) in [6.07, 6.45) is 2.30. The largest absolute Gasteiger partial charge is 0.493 e. The van der Waals surface area contributed by atoms with Crippen LogP contribution in [-0.4, -0.2) is 51.1 Å². The minimum absolute atomic E-state index is 0.0986. The first-order valence-electron chi connectivity index (χ1n) is 10.7. The number of thiophene rings is 1. The molecule has 34 heavy (non-hydrogen) atoms. The molecule has 0 fully saturated rings. The number of nitrogens with one attached hydrogen (secondary N) is 2. The number of benzene rings is 1. The SMILES string of the molecule is CCCOc1ccc(C=NNC(=O)Nc2sc(C(=O)OCC)c(C)c2C(=O)OCC)cc1OC. The third-order valence-electron chi connectivity index (χ3n) is 4.34. The van der Waals surface area contributed by atoms with E-state index in [1.54, 1.807) is 39.0 Å². The van der Waals surface area contributed by atoms with E-state index < -0.39 is 18.0 Å². The first-order chi connectivity index (χ1) is 16.4. The number of hydrazone groups is 1. The number of amides is 2. The van der Waals surface area contributed by atoms with E-state index in [0.29, 0.717) is 29.2 Å². The molecule has 2 amide bonds. The van der Waals surface area contributed by atoms with Crippen LogP contribution in [0.4, 0.5) is 9.80 Å². The fourth-order valence-electron chi connectivity index (χ4n) is 2.83. The van der Waals surface area contributed by atoms with Gasteiger partial charge < -0.3 is 18.9 Å². The Bertz CT molecular complexity index is 1050. The number of carbonyl (C=O) groups excluding carboxylic acids is 3. The Kier molecular flexibility index (Phi) is 10.3. The number of esters is 2. The highest BCUT2D eigenvalue weighted by Gasteiger charge is 2.27. The summed E-state index contributed by atoms with van der Waals surface area (Å²) >= 11 is 0.930. The van der Waals surface area contributed by atoms with Crippen molar-refractivity contribution in [3.8, 4) is 11.5 Å². The van der Waals surface area contributed by atoms with E-state index in [0.717, 1.165) is 17.8 Å². The standard InChI is InChI=1S/C23H29N3O7S/c1-6-11-33-16-10-9-15(12-17(16)30-5)13-24-26-23(29)25-20-18(21(27)31-7-2)14(4)19(34-20)22(28)32-8-3/h9-10,12-13H,6-8,11H2,1-5H3,(H2,25,26,29). The second-order valence-electron chi connectivity index (χ2n) is 6.78. The summed E-state index contributed by atoms with van der Waals surface area (Å²) in [7, 11) is 1.54. The molecule has 0 bridgehead atoms. The smallest absolute Gasteiger partial charge is 0.348 e. The van der Waals surface area contributed by atoms with Crippen LogP contribution >= 0.6 is 11.3 Å². The van der Waals surface area contributed by atoms with Crippen molar-refractivity contribution in [2.24, 2.45) is 5.10 Å². The lowest BCUT2D eigenvalue weighted by Crippen LogP contribution is -2.24. The molecule has 0 unspecified atom stereocenters. The van der Waals surface area contributed by atoms with Crippen LogP contribution in [0.15, 0.2) is 23.3 Å². The minimum Gasteiger partial charge on any atom is -0.493 e. The fraction of sp³-hybridized carbons (Fsp3) is 0.391. The number of anilines is 1. The molecular weight excluding hydrogens is 462 g/mol. The van der Waals surface area contributed by atoms with Gasteiger partial charge in [0.05, 0.1) is 38.7 Å². The van der Waals surface area contributed by atoms with Gasteiger partial charge in [-0.15, -0.1) is 11.3 Å². The molecule has 1 aromatic carbocycles. The lowest BCUT2D eigenvalue weighted by Gasteiger charge is -2.10. The van der Waals surface area contributed by atoms with Crippen LogP contribution in [0.5, 0.6) is 11.5 Å². The van der Waals surface area contributed by atoms with Crippen molar-refractivity contribution < 1.29 is 33.3 Å². The van der Waals surface area contributed by atoms with E-state index in [1.807, 2.05) is 6.92 Å². The molecule has 2 rings (SSSR count). The third-order valence-corrected chi connectivity index (χ3v) is 5.53. The van der Waals surface area contributed by atoms with Crippen LogP contribution in [-0.2, 0) is 9.47 Å². The Hall–Kier alpha value is -3.60. The number of rotatable bonds is 11. The number of methoxy groups -OCH3 is 1. The van der Waals surface area contributed by atoms with Crippen LogP contribution < -0.4 is 20.2 Å². The second kappa shape index (κ2) is 13.2. The van der Waals surface area contributed by atoms with E-state index in [4.69, 9.17) is 18.9 Å². The zero-order valence-corrected chi connectivity index (χ0v) is 20.7. The zero-order valence-electron chi connectivity index (χ0n) is 19.9. The van der Waals surface area contributed by atoms with Gasteiger partial charge in [-0.1, -0.05) is 6.92 Å². The van der Waals surface area contributed by atoms with Gasteiger partial charge in [-0.3, -0.25) is 5.32 Å². The fourth-order valence-corrected chi connectivity index (χ4v) is 3.92. The van der Waals surface area contributed by atoms with Crippen molar-refractivity contribution in [1.29, 1.82) is 0 Å². The van der Waals surface area contributed by atoms with Crippen molar-refractivity contribution in [3.63, 3.8) is 0 Å². The Morgan fingerprint density at radius 2 is 1.76 bits per heavy atom. The maximum Gasteiger partial charge on any atom is 0.348 e. The van der Waals surface area contributed by atoms with Crippen LogP contribution in [0.1, 0.15) is 58.3 Å². The highest BCUT2D eigenvalue weighted by Crippen LogP contribution is 2.34. The Morgan fingerprint density at radius 3 is 2.41 bits per heavy atom. The summed E-state index contributed by atoms with van der Waals surface area (Å²) in [5.41, 5.74) is 3.48. The van der Waals surface area contributed by atoms with Crippen molar-refractivity contribution in [2.45, 2.75) is 34.1 Å². The number of hydrogen-bond acceptors (Lipinski definition) is 9. The van der Waals surface area contributed by atoms with Gasteiger partial charge in [-0.2, -0.15) is 5.10 Å². The minimum atomic E-state index is -0.701. The quantitative estimate of drug-likeness (QED) is 0.272. The first kappa shape index (κ1) is 26.7. The van der Waals surface area contributed by atoms with Crippen LogP contribution in [0, 0.1) is 6.92 Å². The number of hydrogen-bond donors (Lipinski definition) is 2. The summed E-state index contributed by atoms with van der Waals surface area (Å²) in [5, 5.41) is 6.63. The highest BCUT2D eigenvalue weighted by atomic mass is 32.1. The molecular formula is C23H29N3O7S. The Labute approximate surface area is 202 Å². The molecule has 184 valence electrons. The monoisotopic (exact) mass is 491 g/mol. The van der Waals surface area contributed by atoms with Gasteiger partial charge >= 0.3 is 18.0 Å². The second-order valence-corrected chi connectivity index (χ2v) is 7.80. The molecule has 0 radical (unpaired) electrons. The third kappa shape index (κ3) is 6.95. The zero-order chi connectivity index (χ0) is 25.1. The molecule has 2 aromatic rings. The molecule has 0 saturated heterocycles. The molecule has 0 aliphatic rings. The average Bonchev–Trinajstić information content (AvgIpc) is 3.13. The van der Waals surface area contributed by atoms with Crippen molar-refractivity contribution >= 4 is 40.5 Å². The van der Waals surface area contributed by atoms with Gasteiger partial charge in [-0.05, 0) is 56.5 Å². The number of ether oxygens (including phenoxy) is 4. The molecule has 0 aliphatic carbocycles. The molecule has 1 heterocycles. The first-order valence-corrected chi connectivity index (χ1v) is 11.6. The van der Waals surface area contributed by atoms with Gasteiger partial charge in [0, 0.05) is 0 Å². The Balaban J connectivity index is 2.14. The molecule has 0 atom stereocenters. The molecule has 1 aromatic heterocycles. The van der Waals surface area contributed by atoms with Crippen molar-refractivity contribution in [3.05, 3.63) is 39.8 Å². The molecule has 11 heteroatoms. The van der Waals surface area contributed by atoms with Crippen LogP contribution in [0.3, 0.4) is 0 Å². The number of urea groups is 1. The van der Waals surface area contributed by atoms with Crippen LogP contribution in [0.25, 0.3) is 0 Å². The van der Waals surface area contributed by atoms with Gasteiger partial charge in [0.25, 0.3) is 0 Å². The Morgan fingerprint density at radius 1 is 1.06 bits per heavy atom. The predicted molar refractivity (Wildman–Crippen MR) is 129 cm³/mol. The lowest BCUT2D eigenvalue weighted by molar-refractivity contribution is 0.0527. The lowest BCUT2D eigenvalue weighted by atomic mass is 10.1. The maximum atomic E-state index is 12.4. The molecule has 2 N–H and O–H groups in total. The highest BCUT2D eigenvalue weighted by molar-refractivity contribution is 7.18. The van der Waals surface area contributed by atoms with Crippen molar-refractivity contribution in [1.82, 2.24) is 5.43 Å². The molecule has 10 nitrogen and oxygen atoms in total. The van der Waals surface area contributed by atoms with Gasteiger partial charge in [-0.25, -0.2) is 19.8 Å². The summed E-state index contributed by atoms with van der Waals surface area (Å²) in [6.45, 7) is 7.84. The molecule has 0 saturated carbocycles. The maximum absolute atomic E-state index is 12.4. The van der Waals surface area contributed by atoms with Gasteiger partial charge in [0.1, 0.15) is 9.88 Å². The van der Waals surface area contributed by atoms with E-state index in [2.05, 4.69) is 15.8 Å². The summed E-state index contributed by atoms with van der Waals surface area (Å²) < 4.78 is 21.0. The van der Waals surface area contributed by atoms with E-state index in [1.165, 1.54) is 13.3 Å². The van der Waals surface area contributed by atoms with E-state index in [9.17, 15) is 14.4 Å². The normalized spacial score (nSPS) is 10.6. The number of nitrogens with zero attached hydrogens (tertiary/aromatic N) is 1. The topological polar surface area (TPSA) is 125 Å². The number of carbonyl (C=O) groups is 3. The summed E-state index contributed by atoms with van der Waals surface area (Å²) in [4.78, 5) is 37.3. The molecule has 0 aliphatic heterocycles. The van der Waals surface area contributed by atoms with Gasteiger partial charge in [0.15, 0.2) is 11.5 Å². The summed E-state index contributed by atoms with van der Waals surface area (Å²) in [5.74, 6) is -0.0731. The van der Waals surface area contributed by atoms with E-state index >= 15 is 0 Å². The predicted octanol–water partition coefficient (Wildman–Crippen LogP) is 4.36. The molecule has 0 spiro atoms. The van der Waals surface area contributed by atoms with Crippen molar-refractivity contribution in [2.75, 3.05) is 32.2 Å². The van der Waals surface area contributed by atoms with Gasteiger partial charge in [0.2, 0.25) is 0 Å².